The molecule has 1 amide bonds. The molecule has 7 nitrogen and oxygen atoms in total. The lowest BCUT2D eigenvalue weighted by Crippen LogP contribution is -2.15. The summed E-state index contributed by atoms with van der Waals surface area (Å²) in [6.07, 6.45) is 1.64. The first-order valence-corrected chi connectivity index (χ1v) is 10.4. The number of nitrogens with two attached hydrogens (primary N) is 1. The van der Waals surface area contributed by atoms with E-state index in [9.17, 15) is 9.18 Å². The maximum atomic E-state index is 13.6. The number of fused-ring (bicyclic) bond motifs is 2. The summed E-state index contributed by atoms with van der Waals surface area (Å²) < 4.78 is 19.5. The van der Waals surface area contributed by atoms with Crippen molar-refractivity contribution >= 4 is 22.6 Å². The predicted molar refractivity (Wildman–Crippen MR) is 120 cm³/mol. The summed E-state index contributed by atoms with van der Waals surface area (Å²) in [4.78, 5) is 24.7. The molecule has 32 heavy (non-hydrogen) atoms. The van der Waals surface area contributed by atoms with Gasteiger partial charge in [-0.1, -0.05) is 24.3 Å². The van der Waals surface area contributed by atoms with Crippen LogP contribution >= 0.6 is 0 Å². The first kappa shape index (κ1) is 20.0. The molecule has 0 bridgehead atoms. The highest BCUT2D eigenvalue weighted by atomic mass is 19.1. The van der Waals surface area contributed by atoms with Gasteiger partial charge < -0.3 is 20.8 Å². The molecule has 0 saturated heterocycles. The topological polar surface area (TPSA) is 106 Å². The number of ether oxygens (including phenoxy) is 1. The van der Waals surface area contributed by atoms with E-state index in [0.29, 0.717) is 41.6 Å². The Morgan fingerprint density at radius 3 is 2.91 bits per heavy atom. The van der Waals surface area contributed by atoms with Crippen LogP contribution in [0.25, 0.3) is 22.3 Å². The maximum Gasteiger partial charge on any atom is 0.250 e. The van der Waals surface area contributed by atoms with Crippen LogP contribution in [0.15, 0.2) is 42.5 Å². The van der Waals surface area contributed by atoms with Crippen LogP contribution in [0, 0.1) is 12.7 Å². The van der Waals surface area contributed by atoms with Gasteiger partial charge in [-0.2, -0.15) is 0 Å². The monoisotopic (exact) mass is 431 g/mol. The van der Waals surface area contributed by atoms with Crippen LogP contribution in [-0.4, -0.2) is 27.5 Å². The Hall–Kier alpha value is -3.94. The van der Waals surface area contributed by atoms with E-state index in [2.05, 4.69) is 10.3 Å². The molecular weight excluding hydrogens is 409 g/mol. The van der Waals surface area contributed by atoms with E-state index < -0.39 is 5.91 Å². The van der Waals surface area contributed by atoms with Crippen LogP contribution in [0.5, 0.6) is 5.75 Å². The van der Waals surface area contributed by atoms with Crippen molar-refractivity contribution in [2.75, 3.05) is 11.9 Å². The quantitative estimate of drug-likeness (QED) is 0.441. The molecule has 0 radical (unpaired) electrons. The number of carbonyl (C=O) groups is 1. The van der Waals surface area contributed by atoms with E-state index in [4.69, 9.17) is 20.4 Å². The number of aromatic nitrogens is 3. The fraction of sp³-hybridized carbons (Fsp3) is 0.208. The SMILES string of the molecule is Cc1[nH]c2c(C(N)=O)cccc2c1-c1nc2c(c(NCc3cccc(F)c3)n1)OCCC2. The van der Waals surface area contributed by atoms with Crippen molar-refractivity contribution in [1.29, 1.82) is 0 Å². The Labute approximate surface area is 183 Å². The highest BCUT2D eigenvalue weighted by molar-refractivity contribution is 6.09. The summed E-state index contributed by atoms with van der Waals surface area (Å²) in [5, 5.41) is 4.11. The molecule has 0 atom stereocenters. The second-order valence-electron chi connectivity index (χ2n) is 7.82. The minimum atomic E-state index is -0.499. The zero-order valence-corrected chi connectivity index (χ0v) is 17.5. The van der Waals surface area contributed by atoms with Crippen LogP contribution in [-0.2, 0) is 13.0 Å². The number of carbonyl (C=O) groups excluding carboxylic acids is 1. The van der Waals surface area contributed by atoms with Gasteiger partial charge in [0.1, 0.15) is 5.82 Å². The normalized spacial score (nSPS) is 12.9. The molecule has 0 unspecified atom stereocenters. The van der Waals surface area contributed by atoms with E-state index in [-0.39, 0.29) is 5.82 Å². The fourth-order valence-corrected chi connectivity index (χ4v) is 4.14. The van der Waals surface area contributed by atoms with Crippen molar-refractivity contribution in [3.63, 3.8) is 0 Å². The summed E-state index contributed by atoms with van der Waals surface area (Å²) in [6.45, 7) is 2.90. The minimum absolute atomic E-state index is 0.286. The number of nitrogens with one attached hydrogen (secondary N) is 2. The Morgan fingerprint density at radius 1 is 1.25 bits per heavy atom. The maximum absolute atomic E-state index is 13.6. The first-order valence-electron chi connectivity index (χ1n) is 10.4. The van der Waals surface area contributed by atoms with Crippen LogP contribution in [0.3, 0.4) is 0 Å². The van der Waals surface area contributed by atoms with Gasteiger partial charge in [-0.3, -0.25) is 4.79 Å². The molecule has 162 valence electrons. The number of aromatic amines is 1. The lowest BCUT2D eigenvalue weighted by atomic mass is 10.1. The molecule has 2 aromatic heterocycles. The zero-order chi connectivity index (χ0) is 22.2. The number of halogens is 1. The van der Waals surface area contributed by atoms with Crippen molar-refractivity contribution in [3.05, 3.63) is 70.8 Å². The number of primary amides is 1. The summed E-state index contributed by atoms with van der Waals surface area (Å²) in [5.74, 6) is 0.938. The Balaban J connectivity index is 1.61. The first-order chi connectivity index (χ1) is 15.5. The molecule has 8 heteroatoms. The second kappa shape index (κ2) is 7.96. The summed E-state index contributed by atoms with van der Waals surface area (Å²) >= 11 is 0. The van der Waals surface area contributed by atoms with E-state index in [0.717, 1.165) is 40.7 Å². The van der Waals surface area contributed by atoms with Gasteiger partial charge in [-0.15, -0.1) is 0 Å². The van der Waals surface area contributed by atoms with Crippen molar-refractivity contribution in [1.82, 2.24) is 15.0 Å². The lowest BCUT2D eigenvalue weighted by Gasteiger charge is -2.20. The average Bonchev–Trinajstić information content (AvgIpc) is 3.13. The molecule has 0 spiro atoms. The van der Waals surface area contributed by atoms with E-state index in [1.165, 1.54) is 12.1 Å². The summed E-state index contributed by atoms with van der Waals surface area (Å²) in [7, 11) is 0. The number of benzene rings is 2. The molecule has 1 aliphatic rings. The van der Waals surface area contributed by atoms with Crippen molar-refractivity contribution < 1.29 is 13.9 Å². The van der Waals surface area contributed by atoms with E-state index in [1.54, 1.807) is 18.2 Å². The van der Waals surface area contributed by atoms with Gasteiger partial charge >= 0.3 is 0 Å². The van der Waals surface area contributed by atoms with Crippen LogP contribution < -0.4 is 15.8 Å². The van der Waals surface area contributed by atoms with Crippen LogP contribution in [0.2, 0.25) is 0 Å². The number of para-hydroxylation sites is 1. The molecule has 2 aromatic carbocycles. The number of hydrogen-bond donors (Lipinski definition) is 3. The smallest absolute Gasteiger partial charge is 0.250 e. The van der Waals surface area contributed by atoms with Gasteiger partial charge in [0.05, 0.1) is 23.4 Å². The third-order valence-electron chi connectivity index (χ3n) is 5.60. The summed E-state index contributed by atoms with van der Waals surface area (Å²) in [6, 6.07) is 11.8. The predicted octanol–water partition coefficient (Wildman–Crippen LogP) is 4.11. The highest BCUT2D eigenvalue weighted by Gasteiger charge is 2.23. The van der Waals surface area contributed by atoms with Gasteiger partial charge in [0.15, 0.2) is 17.4 Å². The van der Waals surface area contributed by atoms with Gasteiger partial charge in [0.25, 0.3) is 5.91 Å². The number of nitrogens with zero attached hydrogens (tertiary/aromatic N) is 2. The lowest BCUT2D eigenvalue weighted by molar-refractivity contribution is 0.100. The highest BCUT2D eigenvalue weighted by Crippen LogP contribution is 2.37. The average molecular weight is 431 g/mol. The molecule has 0 saturated carbocycles. The van der Waals surface area contributed by atoms with Crippen molar-refractivity contribution in [2.45, 2.75) is 26.3 Å². The van der Waals surface area contributed by atoms with Crippen LogP contribution in [0.1, 0.15) is 33.7 Å². The molecule has 1 aliphatic heterocycles. The van der Waals surface area contributed by atoms with E-state index >= 15 is 0 Å². The summed E-state index contributed by atoms with van der Waals surface area (Å²) in [5.41, 5.74) is 9.90. The van der Waals surface area contributed by atoms with Gasteiger partial charge in [-0.05, 0) is 43.5 Å². The fourth-order valence-electron chi connectivity index (χ4n) is 4.14. The molecule has 4 aromatic rings. The molecule has 0 aliphatic carbocycles. The van der Waals surface area contributed by atoms with E-state index in [1.807, 2.05) is 19.1 Å². The zero-order valence-electron chi connectivity index (χ0n) is 17.5. The Kier molecular flexibility index (Phi) is 4.97. The van der Waals surface area contributed by atoms with Gasteiger partial charge in [-0.25, -0.2) is 14.4 Å². The Morgan fingerprint density at radius 2 is 2.09 bits per heavy atom. The standard InChI is InChI=1S/C24H22FN5O2/c1-13-19(16-7-3-8-17(22(26)31)20(16)28-13)23-29-18-9-4-10-32-21(18)24(30-23)27-12-14-5-2-6-15(25)11-14/h2-3,5-8,11,28H,4,9-10,12H2,1H3,(H2,26,31)(H,27,29,30). The number of aryl methyl sites for hydroxylation is 2. The second-order valence-corrected chi connectivity index (χ2v) is 7.82. The molecule has 0 fully saturated rings. The Bertz CT molecular complexity index is 1350. The number of H-pyrrole nitrogens is 1. The molecule has 3 heterocycles. The largest absolute Gasteiger partial charge is 0.488 e. The minimum Gasteiger partial charge on any atom is -0.488 e. The number of hydrogen-bond acceptors (Lipinski definition) is 5. The van der Waals surface area contributed by atoms with Crippen LogP contribution in [0.4, 0.5) is 10.2 Å². The van der Waals surface area contributed by atoms with Gasteiger partial charge in [0, 0.05) is 23.2 Å². The third kappa shape index (κ3) is 3.53. The molecule has 5 rings (SSSR count). The number of amides is 1. The van der Waals surface area contributed by atoms with Crippen molar-refractivity contribution in [2.24, 2.45) is 5.73 Å². The van der Waals surface area contributed by atoms with Gasteiger partial charge in [0.2, 0.25) is 0 Å². The third-order valence-corrected chi connectivity index (χ3v) is 5.60. The van der Waals surface area contributed by atoms with Crippen molar-refractivity contribution in [3.8, 4) is 17.1 Å². The number of anilines is 1. The molecule has 4 N–H and O–H groups in total. The number of rotatable bonds is 5. The molecular formula is C24H22FN5O2.